The van der Waals surface area contributed by atoms with Gasteiger partial charge < -0.3 is 19.3 Å². The molecular formula is C12H15F3N2O4. The van der Waals surface area contributed by atoms with Crippen LogP contribution in [0.25, 0.3) is 0 Å². The van der Waals surface area contributed by atoms with Gasteiger partial charge in [0.1, 0.15) is 11.7 Å². The van der Waals surface area contributed by atoms with E-state index in [1.165, 1.54) is 6.07 Å². The van der Waals surface area contributed by atoms with Crippen molar-refractivity contribution in [3.05, 3.63) is 11.8 Å². The highest BCUT2D eigenvalue weighted by molar-refractivity contribution is 5.92. The zero-order valence-corrected chi connectivity index (χ0v) is 11.3. The molecule has 1 N–H and O–H groups in total. The number of amides is 1. The molecule has 1 amide bonds. The van der Waals surface area contributed by atoms with Crippen LogP contribution in [-0.4, -0.2) is 43.2 Å². The fourth-order valence-electron chi connectivity index (χ4n) is 1.96. The summed E-state index contributed by atoms with van der Waals surface area (Å²) in [4.78, 5) is 11.8. The summed E-state index contributed by atoms with van der Waals surface area (Å²) in [6, 6.07) is 1.34. The second kappa shape index (κ2) is 6.44. The number of carbonyl (C=O) groups excluding carboxylic acids is 1. The molecule has 2 rings (SSSR count). The predicted octanol–water partition coefficient (Wildman–Crippen LogP) is 1.91. The minimum atomic E-state index is -4.68. The highest BCUT2D eigenvalue weighted by atomic mass is 19.4. The maximum atomic E-state index is 13.0. The number of hydrogen-bond acceptors (Lipinski definition) is 5. The number of alkyl halides is 3. The number of halogens is 3. The van der Waals surface area contributed by atoms with Crippen molar-refractivity contribution in [2.45, 2.75) is 25.6 Å². The SMILES string of the molecule is Cc1cc(NC(=O)C(CC2COCCO2)C(F)(F)F)no1. The van der Waals surface area contributed by atoms with Crippen molar-refractivity contribution in [1.29, 1.82) is 0 Å². The summed E-state index contributed by atoms with van der Waals surface area (Å²) in [7, 11) is 0. The molecule has 2 unspecified atom stereocenters. The molecule has 2 atom stereocenters. The van der Waals surface area contributed by atoms with Crippen molar-refractivity contribution in [2.75, 3.05) is 25.1 Å². The predicted molar refractivity (Wildman–Crippen MR) is 64.6 cm³/mol. The summed E-state index contributed by atoms with van der Waals surface area (Å²) >= 11 is 0. The van der Waals surface area contributed by atoms with Crippen LogP contribution >= 0.6 is 0 Å². The van der Waals surface area contributed by atoms with Gasteiger partial charge in [-0.05, 0) is 13.3 Å². The summed E-state index contributed by atoms with van der Waals surface area (Å²) in [6.07, 6.45) is -5.93. The van der Waals surface area contributed by atoms with E-state index in [1.54, 1.807) is 6.92 Å². The Bertz CT molecular complexity index is 483. The Labute approximate surface area is 118 Å². The zero-order chi connectivity index (χ0) is 15.5. The third-order valence-electron chi connectivity index (χ3n) is 2.97. The molecule has 21 heavy (non-hydrogen) atoms. The summed E-state index contributed by atoms with van der Waals surface area (Å²) in [5.41, 5.74) is 0. The number of aromatic nitrogens is 1. The number of nitrogens with one attached hydrogen (secondary N) is 1. The molecule has 1 saturated heterocycles. The average molecular weight is 308 g/mol. The maximum Gasteiger partial charge on any atom is 0.400 e. The fourth-order valence-corrected chi connectivity index (χ4v) is 1.96. The molecular weight excluding hydrogens is 293 g/mol. The van der Waals surface area contributed by atoms with E-state index in [4.69, 9.17) is 14.0 Å². The summed E-state index contributed by atoms with van der Waals surface area (Å²) in [5, 5.41) is 5.54. The third kappa shape index (κ3) is 4.43. The third-order valence-corrected chi connectivity index (χ3v) is 2.97. The van der Waals surface area contributed by atoms with E-state index >= 15 is 0 Å². The van der Waals surface area contributed by atoms with Gasteiger partial charge in [0, 0.05) is 6.07 Å². The van der Waals surface area contributed by atoms with Gasteiger partial charge in [-0.2, -0.15) is 13.2 Å². The molecule has 0 saturated carbocycles. The molecule has 0 radical (unpaired) electrons. The summed E-state index contributed by atoms with van der Waals surface area (Å²) in [6.45, 7) is 2.18. The molecule has 118 valence electrons. The van der Waals surface area contributed by atoms with E-state index in [0.29, 0.717) is 12.4 Å². The van der Waals surface area contributed by atoms with Crippen LogP contribution in [0.3, 0.4) is 0 Å². The van der Waals surface area contributed by atoms with Gasteiger partial charge in [-0.15, -0.1) is 0 Å². The van der Waals surface area contributed by atoms with Gasteiger partial charge in [0.2, 0.25) is 5.91 Å². The van der Waals surface area contributed by atoms with Crippen LogP contribution in [0.4, 0.5) is 19.0 Å². The zero-order valence-electron chi connectivity index (χ0n) is 11.3. The molecule has 1 aliphatic heterocycles. The molecule has 6 nitrogen and oxygen atoms in total. The molecule has 0 aromatic carbocycles. The Morgan fingerprint density at radius 3 is 2.81 bits per heavy atom. The number of hydrogen-bond donors (Lipinski definition) is 1. The first kappa shape index (κ1) is 15.8. The van der Waals surface area contributed by atoms with Gasteiger partial charge >= 0.3 is 6.18 Å². The van der Waals surface area contributed by atoms with Crippen molar-refractivity contribution in [3.8, 4) is 0 Å². The largest absolute Gasteiger partial charge is 0.400 e. The van der Waals surface area contributed by atoms with Crippen molar-refractivity contribution < 1.29 is 32.0 Å². The lowest BCUT2D eigenvalue weighted by Crippen LogP contribution is -2.40. The van der Waals surface area contributed by atoms with Crippen LogP contribution in [0.2, 0.25) is 0 Å². The number of nitrogens with zero attached hydrogens (tertiary/aromatic N) is 1. The second-order valence-electron chi connectivity index (χ2n) is 4.71. The van der Waals surface area contributed by atoms with E-state index in [-0.39, 0.29) is 19.0 Å². The Kier molecular flexibility index (Phi) is 4.84. The van der Waals surface area contributed by atoms with Crippen LogP contribution in [-0.2, 0) is 14.3 Å². The Morgan fingerprint density at radius 2 is 2.29 bits per heavy atom. The minimum absolute atomic E-state index is 0.0446. The van der Waals surface area contributed by atoms with Gasteiger partial charge in [-0.3, -0.25) is 4.79 Å². The van der Waals surface area contributed by atoms with Gasteiger partial charge in [0.25, 0.3) is 0 Å². The average Bonchev–Trinajstić information content (AvgIpc) is 2.81. The summed E-state index contributed by atoms with van der Waals surface area (Å²) in [5.74, 6) is -3.04. The van der Waals surface area contributed by atoms with Crippen molar-refractivity contribution in [1.82, 2.24) is 5.16 Å². The standard InChI is InChI=1S/C12H15F3N2O4/c1-7-4-10(17-21-7)16-11(18)9(12(13,14)15)5-8-6-19-2-3-20-8/h4,8-9H,2-3,5-6H2,1H3,(H,16,17,18). The number of aryl methyl sites for hydroxylation is 1. The van der Waals surface area contributed by atoms with Crippen molar-refractivity contribution in [2.24, 2.45) is 5.92 Å². The van der Waals surface area contributed by atoms with Crippen molar-refractivity contribution >= 4 is 11.7 Å². The molecule has 1 aromatic rings. The monoisotopic (exact) mass is 308 g/mol. The Balaban J connectivity index is 2.02. The normalized spacial score (nSPS) is 21.0. The van der Waals surface area contributed by atoms with Gasteiger partial charge in [-0.1, -0.05) is 5.16 Å². The van der Waals surface area contributed by atoms with Gasteiger partial charge in [0.15, 0.2) is 5.82 Å². The van der Waals surface area contributed by atoms with Crippen LogP contribution in [0.15, 0.2) is 10.6 Å². The van der Waals surface area contributed by atoms with Crippen LogP contribution < -0.4 is 5.32 Å². The number of anilines is 1. The van der Waals surface area contributed by atoms with Crippen LogP contribution in [0.5, 0.6) is 0 Å². The topological polar surface area (TPSA) is 73.6 Å². The lowest BCUT2D eigenvalue weighted by Gasteiger charge is -2.27. The van der Waals surface area contributed by atoms with Gasteiger partial charge in [0.05, 0.1) is 25.9 Å². The van der Waals surface area contributed by atoms with Crippen LogP contribution in [0.1, 0.15) is 12.2 Å². The molecule has 1 aromatic heterocycles. The van der Waals surface area contributed by atoms with Crippen LogP contribution in [0, 0.1) is 12.8 Å². The van der Waals surface area contributed by atoms with E-state index in [9.17, 15) is 18.0 Å². The molecule has 1 aliphatic rings. The maximum absolute atomic E-state index is 13.0. The molecule has 9 heteroatoms. The highest BCUT2D eigenvalue weighted by Gasteiger charge is 2.46. The van der Waals surface area contributed by atoms with E-state index < -0.39 is 30.5 Å². The number of rotatable bonds is 4. The molecule has 1 fully saturated rings. The molecule has 2 heterocycles. The van der Waals surface area contributed by atoms with E-state index in [1.807, 2.05) is 0 Å². The van der Waals surface area contributed by atoms with E-state index in [0.717, 1.165) is 0 Å². The first-order valence-electron chi connectivity index (χ1n) is 6.36. The second-order valence-corrected chi connectivity index (χ2v) is 4.71. The Morgan fingerprint density at radius 1 is 1.52 bits per heavy atom. The smallest absolute Gasteiger partial charge is 0.376 e. The first-order chi connectivity index (χ1) is 9.86. The number of ether oxygens (including phenoxy) is 2. The number of carbonyl (C=O) groups is 1. The molecule has 0 spiro atoms. The highest BCUT2D eigenvalue weighted by Crippen LogP contribution is 2.32. The minimum Gasteiger partial charge on any atom is -0.376 e. The first-order valence-corrected chi connectivity index (χ1v) is 6.36. The van der Waals surface area contributed by atoms with Gasteiger partial charge in [-0.25, -0.2) is 0 Å². The summed E-state index contributed by atoms with van der Waals surface area (Å²) < 4.78 is 54.0. The fraction of sp³-hybridized carbons (Fsp3) is 0.667. The lowest BCUT2D eigenvalue weighted by atomic mass is 9.99. The quantitative estimate of drug-likeness (QED) is 0.919. The molecule has 0 aliphatic carbocycles. The van der Waals surface area contributed by atoms with E-state index in [2.05, 4.69) is 10.5 Å². The lowest BCUT2D eigenvalue weighted by molar-refractivity contribution is -0.192. The molecule has 0 bridgehead atoms. The van der Waals surface area contributed by atoms with Crippen molar-refractivity contribution in [3.63, 3.8) is 0 Å². The Hall–Kier alpha value is -1.61.